The molecule has 4 rings (SSSR count). The van der Waals surface area contributed by atoms with Gasteiger partial charge in [0.05, 0.1) is 34.5 Å². The second-order valence-corrected chi connectivity index (χ2v) is 10.6. The van der Waals surface area contributed by atoms with Gasteiger partial charge in [-0.1, -0.05) is 41.4 Å². The zero-order chi connectivity index (χ0) is 25.1. The van der Waals surface area contributed by atoms with Gasteiger partial charge in [-0.15, -0.1) is 0 Å². The van der Waals surface area contributed by atoms with Crippen molar-refractivity contribution in [2.75, 3.05) is 0 Å². The van der Waals surface area contributed by atoms with E-state index in [-0.39, 0.29) is 18.2 Å². The van der Waals surface area contributed by atoms with Crippen LogP contribution in [-0.2, 0) is 11.4 Å². The first-order valence-corrected chi connectivity index (χ1v) is 13.0. The number of nitro groups is 1. The summed E-state index contributed by atoms with van der Waals surface area (Å²) in [5.74, 6) is 0.241. The second-order valence-electron chi connectivity index (χ2n) is 7.08. The third-order valence-electron chi connectivity index (χ3n) is 4.63. The standard InChI is InChI=1S/C23H13Br2Cl2N3O4S/c24-15-8-13(9-16(25)21(15)34-11-12-3-1-4-14(7-12)30(32)33)10-19-22(31)29-23(35-19)28-18-6-2-5-17(26)20(18)27/h1-10H,11H2,(H,28,29,31)/b19-10-. The largest absolute Gasteiger partial charge is 0.487 e. The van der Waals surface area contributed by atoms with Crippen molar-refractivity contribution in [2.24, 2.45) is 4.99 Å². The quantitative estimate of drug-likeness (QED) is 0.165. The maximum atomic E-state index is 12.5. The first-order chi connectivity index (χ1) is 16.7. The van der Waals surface area contributed by atoms with E-state index in [0.717, 1.165) is 5.56 Å². The van der Waals surface area contributed by atoms with Gasteiger partial charge in [0.15, 0.2) is 5.17 Å². The summed E-state index contributed by atoms with van der Waals surface area (Å²) in [5.41, 5.74) is 1.86. The van der Waals surface area contributed by atoms with Crippen molar-refractivity contribution in [3.63, 3.8) is 0 Å². The SMILES string of the molecule is O=C1NC(=Nc2cccc(Cl)c2Cl)S/C1=C\c1cc(Br)c(OCc2cccc([N+](=O)[O-])c2)c(Br)c1. The second kappa shape index (κ2) is 11.1. The Morgan fingerprint density at radius 2 is 1.83 bits per heavy atom. The van der Waals surface area contributed by atoms with Crippen LogP contribution in [0.1, 0.15) is 11.1 Å². The lowest BCUT2D eigenvalue weighted by molar-refractivity contribution is -0.384. The van der Waals surface area contributed by atoms with Crippen LogP contribution in [0.2, 0.25) is 10.0 Å². The number of hydrogen-bond donors (Lipinski definition) is 1. The first-order valence-electron chi connectivity index (χ1n) is 9.80. The minimum atomic E-state index is -0.450. The molecule has 0 saturated carbocycles. The van der Waals surface area contributed by atoms with Crippen LogP contribution in [0.25, 0.3) is 6.08 Å². The number of rotatable bonds is 6. The minimum Gasteiger partial charge on any atom is -0.487 e. The Kier molecular flexibility index (Phi) is 8.18. The number of aliphatic imine (C=N–C) groups is 1. The Bertz CT molecular complexity index is 1390. The molecule has 3 aromatic carbocycles. The summed E-state index contributed by atoms with van der Waals surface area (Å²) in [6, 6.07) is 14.9. The van der Waals surface area contributed by atoms with Crippen LogP contribution in [0, 0.1) is 10.1 Å². The summed E-state index contributed by atoms with van der Waals surface area (Å²) in [5, 5.41) is 14.8. The third-order valence-corrected chi connectivity index (χ3v) is 7.52. The number of benzene rings is 3. The Balaban J connectivity index is 1.51. The van der Waals surface area contributed by atoms with E-state index >= 15 is 0 Å². The van der Waals surface area contributed by atoms with Crippen LogP contribution in [0.15, 0.2) is 73.4 Å². The van der Waals surface area contributed by atoms with Crippen molar-refractivity contribution in [1.29, 1.82) is 0 Å². The molecule has 0 unspecified atom stereocenters. The first kappa shape index (κ1) is 25.7. The van der Waals surface area contributed by atoms with Crippen LogP contribution >= 0.6 is 66.8 Å². The van der Waals surface area contributed by atoms with Gasteiger partial charge in [0, 0.05) is 12.1 Å². The number of nitrogens with zero attached hydrogens (tertiary/aromatic N) is 2. The lowest BCUT2D eigenvalue weighted by atomic mass is 10.2. The van der Waals surface area contributed by atoms with E-state index in [2.05, 4.69) is 42.2 Å². The molecule has 0 aromatic heterocycles. The van der Waals surface area contributed by atoms with E-state index in [4.69, 9.17) is 27.9 Å². The topological polar surface area (TPSA) is 93.8 Å². The molecule has 0 bridgehead atoms. The third kappa shape index (κ3) is 6.25. The molecular weight excluding hydrogens is 645 g/mol. The van der Waals surface area contributed by atoms with Crippen molar-refractivity contribution in [3.8, 4) is 5.75 Å². The van der Waals surface area contributed by atoms with Gasteiger partial charge in [-0.05, 0) is 85.1 Å². The molecule has 178 valence electrons. The van der Waals surface area contributed by atoms with Crippen LogP contribution in [0.3, 0.4) is 0 Å². The fourth-order valence-electron chi connectivity index (χ4n) is 3.04. The van der Waals surface area contributed by atoms with Gasteiger partial charge in [0.1, 0.15) is 12.4 Å². The molecule has 1 aliphatic heterocycles. The summed E-state index contributed by atoms with van der Waals surface area (Å²) in [4.78, 5) is 27.8. The summed E-state index contributed by atoms with van der Waals surface area (Å²) in [6.07, 6.45) is 1.72. The predicted octanol–water partition coefficient (Wildman–Crippen LogP) is 7.90. The van der Waals surface area contributed by atoms with E-state index in [1.807, 2.05) is 0 Å². The van der Waals surface area contributed by atoms with Gasteiger partial charge in [-0.2, -0.15) is 0 Å². The number of amidine groups is 1. The lowest BCUT2D eigenvalue weighted by Crippen LogP contribution is -2.19. The van der Waals surface area contributed by atoms with Crippen LogP contribution < -0.4 is 10.1 Å². The summed E-state index contributed by atoms with van der Waals surface area (Å²) in [7, 11) is 0. The fourth-order valence-corrected chi connectivity index (χ4v) is 5.66. The molecule has 0 radical (unpaired) electrons. The van der Waals surface area contributed by atoms with Crippen molar-refractivity contribution >= 4 is 95.3 Å². The Labute approximate surface area is 231 Å². The van der Waals surface area contributed by atoms with Gasteiger partial charge in [-0.3, -0.25) is 14.9 Å². The van der Waals surface area contributed by atoms with E-state index in [9.17, 15) is 14.9 Å². The van der Waals surface area contributed by atoms with Gasteiger partial charge in [0.2, 0.25) is 0 Å². The molecule has 1 aliphatic rings. The molecule has 35 heavy (non-hydrogen) atoms. The molecule has 1 amide bonds. The molecule has 1 heterocycles. The molecule has 7 nitrogen and oxygen atoms in total. The zero-order valence-electron chi connectivity index (χ0n) is 17.4. The molecule has 0 spiro atoms. The monoisotopic (exact) mass is 655 g/mol. The van der Waals surface area contributed by atoms with Crippen LogP contribution in [-0.4, -0.2) is 16.0 Å². The number of thioether (sulfide) groups is 1. The van der Waals surface area contributed by atoms with E-state index in [0.29, 0.717) is 46.1 Å². The molecule has 12 heteroatoms. The Hall–Kier alpha value is -2.37. The minimum absolute atomic E-state index is 0.000846. The number of non-ortho nitro benzene ring substituents is 1. The highest BCUT2D eigenvalue weighted by Crippen LogP contribution is 2.38. The van der Waals surface area contributed by atoms with Gasteiger partial charge < -0.3 is 10.1 Å². The van der Waals surface area contributed by atoms with Crippen LogP contribution in [0.5, 0.6) is 5.75 Å². The van der Waals surface area contributed by atoms with E-state index in [1.165, 1.54) is 23.9 Å². The predicted molar refractivity (Wildman–Crippen MR) is 147 cm³/mol. The average Bonchev–Trinajstić information content (AvgIpc) is 3.15. The number of carbonyl (C=O) groups is 1. The highest BCUT2D eigenvalue weighted by molar-refractivity contribution is 9.11. The van der Waals surface area contributed by atoms with Gasteiger partial charge >= 0.3 is 0 Å². The average molecular weight is 658 g/mol. The molecule has 3 aromatic rings. The van der Waals surface area contributed by atoms with Crippen molar-refractivity contribution < 1.29 is 14.5 Å². The van der Waals surface area contributed by atoms with Crippen molar-refractivity contribution in [1.82, 2.24) is 5.32 Å². The number of nitrogens with one attached hydrogen (secondary N) is 1. The van der Waals surface area contributed by atoms with Gasteiger partial charge in [0.25, 0.3) is 11.6 Å². The molecule has 1 fully saturated rings. The number of ether oxygens (including phenoxy) is 1. The highest BCUT2D eigenvalue weighted by Gasteiger charge is 2.24. The number of amides is 1. The summed E-state index contributed by atoms with van der Waals surface area (Å²) < 4.78 is 7.17. The Morgan fingerprint density at radius 3 is 2.54 bits per heavy atom. The van der Waals surface area contributed by atoms with Crippen molar-refractivity contribution in [3.05, 3.63) is 99.7 Å². The lowest BCUT2D eigenvalue weighted by Gasteiger charge is -2.11. The number of hydrogen-bond acceptors (Lipinski definition) is 6. The van der Waals surface area contributed by atoms with E-state index in [1.54, 1.807) is 48.5 Å². The summed E-state index contributed by atoms with van der Waals surface area (Å²) >= 11 is 20.4. The smallest absolute Gasteiger partial charge is 0.269 e. The van der Waals surface area contributed by atoms with Crippen LogP contribution in [0.4, 0.5) is 11.4 Å². The number of carbonyl (C=O) groups excluding carboxylic acids is 1. The summed E-state index contributed by atoms with van der Waals surface area (Å²) in [6.45, 7) is 0.142. The molecular formula is C23H13Br2Cl2N3O4S. The fraction of sp³-hybridized carbons (Fsp3) is 0.0435. The van der Waals surface area contributed by atoms with Crippen molar-refractivity contribution in [2.45, 2.75) is 6.61 Å². The number of halogens is 4. The zero-order valence-corrected chi connectivity index (χ0v) is 22.9. The number of nitro benzene ring substituents is 1. The molecule has 0 atom stereocenters. The van der Waals surface area contributed by atoms with E-state index < -0.39 is 4.92 Å². The molecule has 0 aliphatic carbocycles. The normalized spacial score (nSPS) is 15.5. The maximum absolute atomic E-state index is 12.5. The maximum Gasteiger partial charge on any atom is 0.269 e. The molecule has 1 saturated heterocycles. The molecule has 1 N–H and O–H groups in total. The Morgan fingerprint density at radius 1 is 1.11 bits per heavy atom. The van der Waals surface area contributed by atoms with Gasteiger partial charge in [-0.25, -0.2) is 4.99 Å². The highest BCUT2D eigenvalue weighted by atomic mass is 79.9.